The molecule has 0 aromatic carbocycles. The Hall–Kier alpha value is -0.0400. The summed E-state index contributed by atoms with van der Waals surface area (Å²) in [5.41, 5.74) is 1.38. The van der Waals surface area contributed by atoms with Crippen LogP contribution in [0.4, 0.5) is 0 Å². The highest BCUT2D eigenvalue weighted by molar-refractivity contribution is 5.16. The van der Waals surface area contributed by atoms with Gasteiger partial charge in [0.25, 0.3) is 0 Å². The SMILES string of the molecule is CC.CC1CN2CCCC2(C2(C)CC2)C1. The minimum atomic E-state index is 0.659. The molecule has 0 bridgehead atoms. The number of hydrogen-bond donors (Lipinski definition) is 0. The summed E-state index contributed by atoms with van der Waals surface area (Å²) in [6.45, 7) is 11.7. The topological polar surface area (TPSA) is 3.24 Å². The zero-order valence-electron chi connectivity index (χ0n) is 11.0. The van der Waals surface area contributed by atoms with Crippen LogP contribution in [0.3, 0.4) is 0 Å². The van der Waals surface area contributed by atoms with Gasteiger partial charge in [-0.3, -0.25) is 4.90 Å². The van der Waals surface area contributed by atoms with Crippen LogP contribution in [-0.4, -0.2) is 23.5 Å². The first-order valence-electron chi connectivity index (χ1n) is 6.91. The zero-order valence-corrected chi connectivity index (χ0v) is 11.0. The number of nitrogens with zero attached hydrogens (tertiary/aromatic N) is 1. The summed E-state index contributed by atoms with van der Waals surface area (Å²) in [7, 11) is 0. The van der Waals surface area contributed by atoms with Gasteiger partial charge < -0.3 is 0 Å². The van der Waals surface area contributed by atoms with Gasteiger partial charge in [-0.2, -0.15) is 0 Å². The molecule has 2 heterocycles. The molecule has 3 fully saturated rings. The van der Waals surface area contributed by atoms with E-state index in [9.17, 15) is 0 Å². The first-order valence-corrected chi connectivity index (χ1v) is 6.91. The summed E-state index contributed by atoms with van der Waals surface area (Å²) >= 11 is 0. The largest absolute Gasteiger partial charge is 0.297 e. The molecule has 0 aromatic heterocycles. The van der Waals surface area contributed by atoms with Crippen LogP contribution in [0.15, 0.2) is 0 Å². The van der Waals surface area contributed by atoms with E-state index in [1.54, 1.807) is 0 Å². The normalized spacial score (nSPS) is 42.0. The van der Waals surface area contributed by atoms with Gasteiger partial charge in [0, 0.05) is 12.1 Å². The van der Waals surface area contributed by atoms with Crippen LogP contribution in [-0.2, 0) is 0 Å². The Balaban J connectivity index is 0.000000404. The van der Waals surface area contributed by atoms with Crippen LogP contribution in [0.25, 0.3) is 0 Å². The minimum Gasteiger partial charge on any atom is -0.297 e. The van der Waals surface area contributed by atoms with Crippen molar-refractivity contribution in [3.05, 3.63) is 0 Å². The molecule has 1 saturated carbocycles. The number of rotatable bonds is 1. The Morgan fingerprint density at radius 1 is 1.13 bits per heavy atom. The second kappa shape index (κ2) is 3.76. The van der Waals surface area contributed by atoms with E-state index in [2.05, 4.69) is 18.7 Å². The van der Waals surface area contributed by atoms with Crippen molar-refractivity contribution >= 4 is 0 Å². The Labute approximate surface area is 95.2 Å². The van der Waals surface area contributed by atoms with Gasteiger partial charge in [0.05, 0.1) is 0 Å². The molecule has 2 unspecified atom stereocenters. The standard InChI is InChI=1S/C12H21N.C2H6/c1-10-8-12(11(2)5-6-11)4-3-7-13(12)9-10;1-2/h10H,3-9H2,1-2H3;1-2H3. The van der Waals surface area contributed by atoms with Crippen molar-refractivity contribution in [2.45, 2.75) is 65.3 Å². The molecule has 0 amide bonds. The third-order valence-corrected chi connectivity index (χ3v) is 4.97. The van der Waals surface area contributed by atoms with Crippen molar-refractivity contribution in [1.82, 2.24) is 4.90 Å². The molecule has 3 aliphatic rings. The summed E-state index contributed by atoms with van der Waals surface area (Å²) < 4.78 is 0. The minimum absolute atomic E-state index is 0.659. The summed E-state index contributed by atoms with van der Waals surface area (Å²) in [6.07, 6.45) is 7.44. The summed E-state index contributed by atoms with van der Waals surface area (Å²) in [5.74, 6) is 0.956. The van der Waals surface area contributed by atoms with E-state index in [1.165, 1.54) is 45.2 Å². The van der Waals surface area contributed by atoms with E-state index in [0.717, 1.165) is 5.92 Å². The highest BCUT2D eigenvalue weighted by Gasteiger charge is 2.62. The lowest BCUT2D eigenvalue weighted by molar-refractivity contribution is 0.110. The first-order chi connectivity index (χ1) is 7.16. The highest BCUT2D eigenvalue weighted by Crippen LogP contribution is 2.63. The molecule has 2 aliphatic heterocycles. The fourth-order valence-electron chi connectivity index (χ4n) is 4.03. The predicted octanol–water partition coefficient (Wildman–Crippen LogP) is 3.69. The molecule has 1 nitrogen and oxygen atoms in total. The maximum absolute atomic E-state index is 2.82. The predicted molar refractivity (Wildman–Crippen MR) is 66.0 cm³/mol. The smallest absolute Gasteiger partial charge is 0.0266 e. The molecular formula is C14H27N. The molecule has 0 radical (unpaired) electrons. The molecule has 2 atom stereocenters. The van der Waals surface area contributed by atoms with Crippen LogP contribution in [0.1, 0.15) is 59.8 Å². The average molecular weight is 209 g/mol. The number of fused-ring (bicyclic) bond motifs is 1. The van der Waals surface area contributed by atoms with E-state index >= 15 is 0 Å². The lowest BCUT2D eigenvalue weighted by atomic mass is 9.77. The molecule has 1 aliphatic carbocycles. The molecular weight excluding hydrogens is 182 g/mol. The molecule has 15 heavy (non-hydrogen) atoms. The van der Waals surface area contributed by atoms with Crippen molar-refractivity contribution in [2.75, 3.05) is 13.1 Å². The quantitative estimate of drug-likeness (QED) is 0.636. The van der Waals surface area contributed by atoms with Crippen molar-refractivity contribution in [1.29, 1.82) is 0 Å². The van der Waals surface area contributed by atoms with Crippen molar-refractivity contribution in [2.24, 2.45) is 11.3 Å². The summed E-state index contributed by atoms with van der Waals surface area (Å²) in [6, 6.07) is 0. The van der Waals surface area contributed by atoms with Gasteiger partial charge in [0.2, 0.25) is 0 Å². The zero-order chi connectivity index (χ0) is 11.1. The monoisotopic (exact) mass is 209 g/mol. The highest BCUT2D eigenvalue weighted by atomic mass is 15.3. The van der Waals surface area contributed by atoms with Gasteiger partial charge >= 0.3 is 0 Å². The molecule has 88 valence electrons. The summed E-state index contributed by atoms with van der Waals surface area (Å²) in [4.78, 5) is 2.82. The van der Waals surface area contributed by atoms with Gasteiger partial charge in [-0.05, 0) is 50.0 Å². The van der Waals surface area contributed by atoms with Gasteiger partial charge in [-0.1, -0.05) is 27.7 Å². The van der Waals surface area contributed by atoms with Gasteiger partial charge in [0.15, 0.2) is 0 Å². The van der Waals surface area contributed by atoms with E-state index < -0.39 is 0 Å². The van der Waals surface area contributed by atoms with Crippen LogP contribution in [0, 0.1) is 11.3 Å². The van der Waals surface area contributed by atoms with Gasteiger partial charge in [-0.15, -0.1) is 0 Å². The third-order valence-electron chi connectivity index (χ3n) is 4.97. The Bertz CT molecular complexity index is 231. The van der Waals surface area contributed by atoms with Gasteiger partial charge in [0.1, 0.15) is 0 Å². The van der Waals surface area contributed by atoms with Crippen molar-refractivity contribution in [3.8, 4) is 0 Å². The molecule has 0 aromatic rings. The average Bonchev–Trinajstić information content (AvgIpc) is 2.71. The second-order valence-corrected chi connectivity index (χ2v) is 5.95. The van der Waals surface area contributed by atoms with E-state index in [0.29, 0.717) is 11.0 Å². The maximum atomic E-state index is 2.82. The Morgan fingerprint density at radius 3 is 2.40 bits per heavy atom. The van der Waals surface area contributed by atoms with Crippen LogP contribution in [0.5, 0.6) is 0 Å². The van der Waals surface area contributed by atoms with Crippen molar-refractivity contribution < 1.29 is 0 Å². The van der Waals surface area contributed by atoms with E-state index in [4.69, 9.17) is 0 Å². The van der Waals surface area contributed by atoms with Crippen molar-refractivity contribution in [3.63, 3.8) is 0 Å². The van der Waals surface area contributed by atoms with Gasteiger partial charge in [-0.25, -0.2) is 0 Å². The number of hydrogen-bond acceptors (Lipinski definition) is 1. The van der Waals surface area contributed by atoms with E-state index in [1.807, 2.05) is 13.8 Å². The summed E-state index contributed by atoms with van der Waals surface area (Å²) in [5, 5.41) is 0. The second-order valence-electron chi connectivity index (χ2n) is 5.95. The Kier molecular flexibility index (Phi) is 2.87. The fraction of sp³-hybridized carbons (Fsp3) is 1.00. The molecule has 0 spiro atoms. The lowest BCUT2D eigenvalue weighted by Gasteiger charge is -2.38. The lowest BCUT2D eigenvalue weighted by Crippen LogP contribution is -2.45. The molecule has 2 saturated heterocycles. The van der Waals surface area contributed by atoms with Crippen LogP contribution in [0.2, 0.25) is 0 Å². The van der Waals surface area contributed by atoms with Crippen LogP contribution < -0.4 is 0 Å². The third kappa shape index (κ3) is 1.54. The van der Waals surface area contributed by atoms with E-state index in [-0.39, 0.29) is 0 Å². The fourth-order valence-corrected chi connectivity index (χ4v) is 4.03. The Morgan fingerprint density at radius 2 is 1.80 bits per heavy atom. The molecule has 0 N–H and O–H groups in total. The molecule has 1 heteroatoms. The first kappa shape index (κ1) is 11.4. The maximum Gasteiger partial charge on any atom is 0.0266 e. The molecule has 3 rings (SSSR count). The van der Waals surface area contributed by atoms with Crippen LogP contribution >= 0.6 is 0 Å².